The number of hydrogen-bond donors (Lipinski definition) is 1. The van der Waals surface area contributed by atoms with Gasteiger partial charge in [0.05, 0.1) is 30.2 Å². The Kier molecular flexibility index (Phi) is 7.02. The number of carbonyl (C=O) groups is 1. The van der Waals surface area contributed by atoms with E-state index in [2.05, 4.69) is 14.6 Å². The van der Waals surface area contributed by atoms with E-state index in [0.29, 0.717) is 53.6 Å². The van der Waals surface area contributed by atoms with Crippen molar-refractivity contribution in [2.45, 2.75) is 23.4 Å². The fraction of sp³-hybridized carbons (Fsp3) is 0.304. The van der Waals surface area contributed by atoms with Crippen LogP contribution >= 0.6 is 34.5 Å². The van der Waals surface area contributed by atoms with Crippen LogP contribution in [0.5, 0.6) is 0 Å². The van der Waals surface area contributed by atoms with Crippen LogP contribution in [0.25, 0.3) is 0 Å². The van der Waals surface area contributed by atoms with E-state index in [1.165, 1.54) is 29.7 Å². The molecule has 1 aromatic heterocycles. The molecule has 1 unspecified atom stereocenters. The standard InChI is InChI=1S/C23H22Cl2N4O4S2/c24-16-11-15(12-17(25)13-16)21-14-33-9-8-29(21)20-5-7-28(22(20)30)18-1-3-19(4-2-18)35(31,32)27-23-26-6-10-34-23/h1-4,6,10-13,20-21H,5,7-9,14H2,(H,26,27)/t20-,21?/m0/s1. The van der Waals surface area contributed by atoms with Gasteiger partial charge in [0.1, 0.15) is 0 Å². The second kappa shape index (κ2) is 10.0. The molecule has 3 heterocycles. The third-order valence-corrected chi connectivity index (χ3v) is 8.74. The fourth-order valence-corrected chi connectivity index (χ4v) is 6.86. The molecule has 0 bridgehead atoms. The first-order valence-electron chi connectivity index (χ1n) is 10.9. The summed E-state index contributed by atoms with van der Waals surface area (Å²) in [4.78, 5) is 21.4. The highest BCUT2D eigenvalue weighted by atomic mass is 35.5. The molecule has 8 nitrogen and oxygen atoms in total. The summed E-state index contributed by atoms with van der Waals surface area (Å²) in [6, 6.07) is 11.2. The molecule has 2 saturated heterocycles. The quantitative estimate of drug-likeness (QED) is 0.486. The maximum Gasteiger partial charge on any atom is 0.263 e. The summed E-state index contributed by atoms with van der Waals surface area (Å²) in [6.45, 7) is 2.12. The zero-order chi connectivity index (χ0) is 24.6. The van der Waals surface area contributed by atoms with Gasteiger partial charge in [0.15, 0.2) is 5.13 Å². The molecule has 12 heteroatoms. The van der Waals surface area contributed by atoms with Gasteiger partial charge in [-0.2, -0.15) is 0 Å². The molecule has 0 radical (unpaired) electrons. The van der Waals surface area contributed by atoms with Crippen LogP contribution < -0.4 is 9.62 Å². The molecule has 2 aliphatic rings. The van der Waals surface area contributed by atoms with Crippen molar-refractivity contribution in [3.8, 4) is 0 Å². The number of halogens is 2. The third kappa shape index (κ3) is 5.18. The number of thiazole rings is 1. The molecular formula is C23H22Cl2N4O4S2. The summed E-state index contributed by atoms with van der Waals surface area (Å²) in [6.07, 6.45) is 2.18. The number of aromatic nitrogens is 1. The van der Waals surface area contributed by atoms with Crippen molar-refractivity contribution < 1.29 is 17.9 Å². The molecule has 5 rings (SSSR count). The predicted octanol–water partition coefficient (Wildman–Crippen LogP) is 4.43. The minimum Gasteiger partial charge on any atom is -0.378 e. The van der Waals surface area contributed by atoms with Crippen molar-refractivity contribution in [2.75, 3.05) is 35.9 Å². The number of amides is 1. The molecule has 0 spiro atoms. The minimum atomic E-state index is -3.76. The molecule has 0 aliphatic carbocycles. The number of carbonyl (C=O) groups excluding carboxylic acids is 1. The van der Waals surface area contributed by atoms with Crippen LogP contribution in [-0.4, -0.2) is 56.6 Å². The summed E-state index contributed by atoms with van der Waals surface area (Å²) in [5, 5.41) is 3.07. The van der Waals surface area contributed by atoms with Crippen molar-refractivity contribution in [2.24, 2.45) is 0 Å². The number of anilines is 2. The average molecular weight is 553 g/mol. The van der Waals surface area contributed by atoms with Gasteiger partial charge in [-0.25, -0.2) is 13.4 Å². The van der Waals surface area contributed by atoms with E-state index < -0.39 is 10.0 Å². The van der Waals surface area contributed by atoms with Gasteiger partial charge < -0.3 is 9.64 Å². The molecule has 2 atom stereocenters. The number of nitrogens with one attached hydrogen (secondary N) is 1. The van der Waals surface area contributed by atoms with E-state index in [4.69, 9.17) is 27.9 Å². The summed E-state index contributed by atoms with van der Waals surface area (Å²) in [5.41, 5.74) is 1.57. The van der Waals surface area contributed by atoms with Gasteiger partial charge in [-0.15, -0.1) is 11.3 Å². The van der Waals surface area contributed by atoms with E-state index >= 15 is 0 Å². The highest BCUT2D eigenvalue weighted by molar-refractivity contribution is 7.93. The van der Waals surface area contributed by atoms with Gasteiger partial charge in [-0.1, -0.05) is 23.2 Å². The maximum absolute atomic E-state index is 13.5. The third-order valence-electron chi connectivity index (χ3n) is 6.13. The molecule has 2 fully saturated rings. The van der Waals surface area contributed by atoms with Crippen LogP contribution in [0, 0.1) is 0 Å². The summed E-state index contributed by atoms with van der Waals surface area (Å²) in [7, 11) is -3.76. The van der Waals surface area contributed by atoms with E-state index in [-0.39, 0.29) is 22.9 Å². The largest absolute Gasteiger partial charge is 0.378 e. The van der Waals surface area contributed by atoms with Crippen LogP contribution in [0.15, 0.2) is 58.9 Å². The average Bonchev–Trinajstić information content (AvgIpc) is 3.47. The summed E-state index contributed by atoms with van der Waals surface area (Å²) < 4.78 is 33.4. The van der Waals surface area contributed by atoms with Crippen LogP contribution in [0.4, 0.5) is 10.8 Å². The molecule has 2 aromatic carbocycles. The van der Waals surface area contributed by atoms with Gasteiger partial charge in [0, 0.05) is 40.4 Å². The molecule has 35 heavy (non-hydrogen) atoms. The second-order valence-electron chi connectivity index (χ2n) is 8.26. The van der Waals surface area contributed by atoms with E-state index in [1.54, 1.807) is 28.5 Å². The van der Waals surface area contributed by atoms with Gasteiger partial charge >= 0.3 is 0 Å². The Morgan fingerprint density at radius 3 is 2.49 bits per heavy atom. The summed E-state index contributed by atoms with van der Waals surface area (Å²) >= 11 is 13.6. The lowest BCUT2D eigenvalue weighted by atomic mass is 10.0. The molecule has 3 aromatic rings. The van der Waals surface area contributed by atoms with Crippen molar-refractivity contribution in [3.63, 3.8) is 0 Å². The van der Waals surface area contributed by atoms with Crippen molar-refractivity contribution in [1.82, 2.24) is 9.88 Å². The Bertz CT molecular complexity index is 1300. The lowest BCUT2D eigenvalue weighted by molar-refractivity contribution is -0.125. The lowest BCUT2D eigenvalue weighted by Gasteiger charge is -2.39. The van der Waals surface area contributed by atoms with Crippen molar-refractivity contribution in [1.29, 1.82) is 0 Å². The summed E-state index contributed by atoms with van der Waals surface area (Å²) in [5.74, 6) is -0.0263. The number of benzene rings is 2. The predicted molar refractivity (Wildman–Crippen MR) is 137 cm³/mol. The van der Waals surface area contributed by atoms with Crippen LogP contribution in [0.2, 0.25) is 10.0 Å². The Hall–Kier alpha value is -2.21. The number of morpholine rings is 1. The molecule has 1 amide bonds. The van der Waals surface area contributed by atoms with Crippen LogP contribution in [-0.2, 0) is 19.6 Å². The van der Waals surface area contributed by atoms with Crippen molar-refractivity contribution >= 4 is 61.3 Å². The second-order valence-corrected chi connectivity index (χ2v) is 11.7. The first kappa shape index (κ1) is 24.5. The number of hydrogen-bond acceptors (Lipinski definition) is 7. The first-order valence-corrected chi connectivity index (χ1v) is 14.1. The Balaban J connectivity index is 1.33. The monoisotopic (exact) mass is 552 g/mol. The topological polar surface area (TPSA) is 91.8 Å². The van der Waals surface area contributed by atoms with Crippen LogP contribution in [0.1, 0.15) is 18.0 Å². The van der Waals surface area contributed by atoms with E-state index in [9.17, 15) is 13.2 Å². The fourth-order valence-electron chi connectivity index (χ4n) is 4.53. The number of nitrogens with zero attached hydrogens (tertiary/aromatic N) is 3. The molecule has 1 N–H and O–H groups in total. The zero-order valence-electron chi connectivity index (χ0n) is 18.4. The Morgan fingerprint density at radius 1 is 1.06 bits per heavy atom. The smallest absolute Gasteiger partial charge is 0.263 e. The lowest BCUT2D eigenvalue weighted by Crippen LogP contribution is -2.49. The number of rotatable bonds is 6. The van der Waals surface area contributed by atoms with Crippen molar-refractivity contribution in [3.05, 3.63) is 69.7 Å². The van der Waals surface area contributed by atoms with E-state index in [0.717, 1.165) is 5.56 Å². The highest BCUT2D eigenvalue weighted by Crippen LogP contribution is 2.34. The van der Waals surface area contributed by atoms with Gasteiger partial charge in [-0.05, 0) is 54.4 Å². The Morgan fingerprint density at radius 2 is 1.80 bits per heavy atom. The van der Waals surface area contributed by atoms with Gasteiger partial charge in [0.2, 0.25) is 5.91 Å². The Labute approximate surface area is 217 Å². The first-order chi connectivity index (χ1) is 16.8. The molecule has 0 saturated carbocycles. The van der Waals surface area contributed by atoms with E-state index in [1.807, 2.05) is 12.1 Å². The highest BCUT2D eigenvalue weighted by Gasteiger charge is 2.41. The normalized spacial score (nSPS) is 21.4. The van der Waals surface area contributed by atoms with Crippen LogP contribution in [0.3, 0.4) is 0 Å². The SMILES string of the molecule is O=C1[C@@H](N2CCOCC2c2cc(Cl)cc(Cl)c2)CCN1c1ccc(S(=O)(=O)Nc2nccs2)cc1. The van der Waals surface area contributed by atoms with Gasteiger partial charge in [0.25, 0.3) is 10.0 Å². The minimum absolute atomic E-state index is 0.0263. The molecule has 184 valence electrons. The molecular weight excluding hydrogens is 531 g/mol. The van der Waals surface area contributed by atoms with Gasteiger partial charge in [-0.3, -0.25) is 14.4 Å². The molecule has 2 aliphatic heterocycles. The zero-order valence-corrected chi connectivity index (χ0v) is 21.6. The number of sulfonamides is 1. The maximum atomic E-state index is 13.5. The number of ether oxygens (including phenoxy) is 1.